The molecular weight excluding hydrogens is 294 g/mol. The van der Waals surface area contributed by atoms with Gasteiger partial charge in [-0.15, -0.1) is 0 Å². The first-order valence-electron chi connectivity index (χ1n) is 5.80. The predicted octanol–water partition coefficient (Wildman–Crippen LogP) is 3.66. The molecule has 1 aromatic heterocycles. The number of aromatic nitrogens is 1. The van der Waals surface area contributed by atoms with E-state index < -0.39 is 0 Å². The van der Waals surface area contributed by atoms with Crippen molar-refractivity contribution in [2.24, 2.45) is 0 Å². The van der Waals surface area contributed by atoms with Crippen molar-refractivity contribution in [2.45, 2.75) is 19.3 Å². The number of methoxy groups -OCH3 is 1. The molecule has 2 aromatic rings. The summed E-state index contributed by atoms with van der Waals surface area (Å²) in [5.74, 6) is -0.503. The fraction of sp³-hybridized carbons (Fsp3) is 0.286. The lowest BCUT2D eigenvalue weighted by atomic mass is 9.97. The highest BCUT2D eigenvalue weighted by atomic mass is 79.9. The highest BCUT2D eigenvalue weighted by Crippen LogP contribution is 2.30. The van der Waals surface area contributed by atoms with Gasteiger partial charge in [0, 0.05) is 5.39 Å². The Morgan fingerprint density at radius 3 is 2.83 bits per heavy atom. The molecule has 0 bridgehead atoms. The molecule has 1 aromatic carbocycles. The fourth-order valence-electron chi connectivity index (χ4n) is 2.01. The largest absolute Gasteiger partial charge is 0.469 e. The molecule has 0 amide bonds. The van der Waals surface area contributed by atoms with Crippen LogP contribution in [-0.4, -0.2) is 18.1 Å². The molecule has 1 heterocycles. The molecule has 18 heavy (non-hydrogen) atoms. The Hall–Kier alpha value is -1.42. The van der Waals surface area contributed by atoms with Gasteiger partial charge in [0.1, 0.15) is 4.60 Å². The van der Waals surface area contributed by atoms with Gasteiger partial charge in [0.05, 0.1) is 18.5 Å². The van der Waals surface area contributed by atoms with Crippen molar-refractivity contribution < 1.29 is 9.53 Å². The number of esters is 1. The van der Waals surface area contributed by atoms with Crippen LogP contribution in [0.2, 0.25) is 0 Å². The second-order valence-corrected chi connectivity index (χ2v) is 4.80. The van der Waals surface area contributed by atoms with Crippen molar-refractivity contribution in [3.8, 4) is 0 Å². The summed E-state index contributed by atoms with van der Waals surface area (Å²) in [6.07, 6.45) is 0.686. The average molecular weight is 308 g/mol. The molecule has 0 saturated carbocycles. The third kappa shape index (κ3) is 2.38. The third-order valence-electron chi connectivity index (χ3n) is 2.97. The minimum atomic E-state index is -0.276. The Balaban J connectivity index is 2.55. The first-order valence-corrected chi connectivity index (χ1v) is 6.59. The molecule has 1 unspecified atom stereocenters. The second kappa shape index (κ2) is 5.48. The molecule has 0 fully saturated rings. The number of halogens is 1. The quantitative estimate of drug-likeness (QED) is 0.641. The Bertz CT molecular complexity index is 583. The highest BCUT2D eigenvalue weighted by molar-refractivity contribution is 9.10. The molecule has 3 nitrogen and oxygen atoms in total. The van der Waals surface area contributed by atoms with E-state index in [9.17, 15) is 4.79 Å². The topological polar surface area (TPSA) is 39.2 Å². The number of carbonyl (C=O) groups excluding carboxylic acids is 1. The summed E-state index contributed by atoms with van der Waals surface area (Å²) in [6, 6.07) is 9.84. The number of nitrogens with zero attached hydrogens (tertiary/aromatic N) is 1. The summed E-state index contributed by atoms with van der Waals surface area (Å²) in [5, 5.41) is 1.03. The van der Waals surface area contributed by atoms with Gasteiger partial charge in [0.25, 0.3) is 0 Å². The summed E-state index contributed by atoms with van der Waals surface area (Å²) >= 11 is 3.44. The van der Waals surface area contributed by atoms with E-state index >= 15 is 0 Å². The maximum Gasteiger partial charge on any atom is 0.313 e. The summed E-state index contributed by atoms with van der Waals surface area (Å²) in [4.78, 5) is 16.2. The average Bonchev–Trinajstić information content (AvgIpc) is 2.39. The maximum atomic E-state index is 11.8. The van der Waals surface area contributed by atoms with E-state index in [1.165, 1.54) is 7.11 Å². The monoisotopic (exact) mass is 307 g/mol. The molecule has 4 heteroatoms. The molecular formula is C14H14BrNO2. The van der Waals surface area contributed by atoms with Gasteiger partial charge in [0.2, 0.25) is 0 Å². The van der Waals surface area contributed by atoms with Crippen molar-refractivity contribution in [1.29, 1.82) is 0 Å². The first kappa shape index (κ1) is 13.0. The van der Waals surface area contributed by atoms with E-state index in [-0.39, 0.29) is 11.9 Å². The SMILES string of the molecule is CCC(C(=O)OC)c1cc2ccccc2nc1Br. The molecule has 0 aliphatic rings. The van der Waals surface area contributed by atoms with Crippen LogP contribution in [-0.2, 0) is 9.53 Å². The lowest BCUT2D eigenvalue weighted by Gasteiger charge is -2.14. The van der Waals surface area contributed by atoms with E-state index in [0.717, 1.165) is 16.5 Å². The van der Waals surface area contributed by atoms with Crippen LogP contribution in [0.4, 0.5) is 0 Å². The molecule has 0 N–H and O–H groups in total. The minimum Gasteiger partial charge on any atom is -0.469 e. The molecule has 0 radical (unpaired) electrons. The lowest BCUT2D eigenvalue weighted by Crippen LogP contribution is -2.14. The van der Waals surface area contributed by atoms with Gasteiger partial charge in [0.15, 0.2) is 0 Å². The normalized spacial score (nSPS) is 12.4. The van der Waals surface area contributed by atoms with Crippen molar-refractivity contribution >= 4 is 32.8 Å². The number of fused-ring (bicyclic) bond motifs is 1. The minimum absolute atomic E-state index is 0.227. The zero-order valence-electron chi connectivity index (χ0n) is 10.3. The Morgan fingerprint density at radius 1 is 1.44 bits per heavy atom. The van der Waals surface area contributed by atoms with Crippen LogP contribution in [0.3, 0.4) is 0 Å². The number of carbonyl (C=O) groups is 1. The number of benzene rings is 1. The second-order valence-electron chi connectivity index (χ2n) is 4.05. The summed E-state index contributed by atoms with van der Waals surface area (Å²) in [7, 11) is 1.41. The molecule has 1 atom stereocenters. The van der Waals surface area contributed by atoms with E-state index in [1.54, 1.807) is 0 Å². The molecule has 2 rings (SSSR count). The molecule has 0 spiro atoms. The van der Waals surface area contributed by atoms with E-state index in [2.05, 4.69) is 20.9 Å². The van der Waals surface area contributed by atoms with Gasteiger partial charge in [-0.3, -0.25) is 4.79 Å². The van der Waals surface area contributed by atoms with Gasteiger partial charge in [-0.25, -0.2) is 4.98 Å². The van der Waals surface area contributed by atoms with E-state index in [4.69, 9.17) is 4.74 Å². The van der Waals surface area contributed by atoms with Gasteiger partial charge >= 0.3 is 5.97 Å². The van der Waals surface area contributed by atoms with Gasteiger partial charge in [-0.2, -0.15) is 0 Å². The predicted molar refractivity (Wildman–Crippen MR) is 74.5 cm³/mol. The number of ether oxygens (including phenoxy) is 1. The van der Waals surface area contributed by atoms with Crippen LogP contribution in [0.5, 0.6) is 0 Å². The maximum absolute atomic E-state index is 11.8. The highest BCUT2D eigenvalue weighted by Gasteiger charge is 2.22. The molecule has 0 saturated heterocycles. The van der Waals surface area contributed by atoms with Crippen molar-refractivity contribution in [2.75, 3.05) is 7.11 Å². The van der Waals surface area contributed by atoms with Gasteiger partial charge in [-0.05, 0) is 40.0 Å². The molecule has 0 aliphatic heterocycles. The van der Waals surface area contributed by atoms with Crippen LogP contribution in [0, 0.1) is 0 Å². The van der Waals surface area contributed by atoms with Crippen LogP contribution in [0.15, 0.2) is 34.9 Å². The van der Waals surface area contributed by atoms with Crippen LogP contribution in [0.1, 0.15) is 24.8 Å². The zero-order chi connectivity index (χ0) is 13.1. The lowest BCUT2D eigenvalue weighted by molar-refractivity contribution is -0.142. The Kier molecular flexibility index (Phi) is 3.97. The van der Waals surface area contributed by atoms with Crippen LogP contribution >= 0.6 is 15.9 Å². The third-order valence-corrected chi connectivity index (χ3v) is 3.61. The van der Waals surface area contributed by atoms with E-state index in [0.29, 0.717) is 11.0 Å². The van der Waals surface area contributed by atoms with Gasteiger partial charge in [-0.1, -0.05) is 25.1 Å². The summed E-state index contributed by atoms with van der Waals surface area (Å²) in [6.45, 7) is 1.96. The van der Waals surface area contributed by atoms with Crippen molar-refractivity contribution in [3.63, 3.8) is 0 Å². The smallest absolute Gasteiger partial charge is 0.313 e. The number of rotatable bonds is 3. The first-order chi connectivity index (χ1) is 8.67. The zero-order valence-corrected chi connectivity index (χ0v) is 11.9. The summed E-state index contributed by atoms with van der Waals surface area (Å²) in [5.41, 5.74) is 1.79. The number of hydrogen-bond donors (Lipinski definition) is 0. The molecule has 94 valence electrons. The summed E-state index contributed by atoms with van der Waals surface area (Å²) < 4.78 is 5.54. The Morgan fingerprint density at radius 2 is 2.17 bits per heavy atom. The van der Waals surface area contributed by atoms with Crippen molar-refractivity contribution in [1.82, 2.24) is 4.98 Å². The fourth-order valence-corrected chi connectivity index (χ4v) is 2.59. The standard InChI is InChI=1S/C14H14BrNO2/c1-3-10(14(17)18-2)11-8-9-6-4-5-7-12(9)16-13(11)15/h4-8,10H,3H2,1-2H3. The Labute approximate surface area is 114 Å². The van der Waals surface area contributed by atoms with E-state index in [1.807, 2.05) is 37.3 Å². The van der Waals surface area contributed by atoms with Crippen LogP contribution in [0.25, 0.3) is 10.9 Å². The number of pyridine rings is 1. The number of para-hydroxylation sites is 1. The number of hydrogen-bond acceptors (Lipinski definition) is 3. The van der Waals surface area contributed by atoms with Crippen molar-refractivity contribution in [3.05, 3.63) is 40.5 Å². The van der Waals surface area contributed by atoms with Crippen LogP contribution < -0.4 is 0 Å². The molecule has 0 aliphatic carbocycles. The van der Waals surface area contributed by atoms with Gasteiger partial charge < -0.3 is 4.74 Å².